The fourth-order valence-electron chi connectivity index (χ4n) is 1.66. The van der Waals surface area contributed by atoms with Crippen LogP contribution in [0.3, 0.4) is 0 Å². The molecule has 0 aliphatic rings. The SMILES string of the molecule is CNC(=O)c1cccc(Oc2ccc([N+](=O)[O-])cc2Cl)c1. The Kier molecular flexibility index (Phi) is 4.39. The molecule has 2 aromatic carbocycles. The highest BCUT2D eigenvalue weighted by Gasteiger charge is 2.11. The molecule has 0 aromatic heterocycles. The van der Waals surface area contributed by atoms with Gasteiger partial charge in [0.15, 0.2) is 0 Å². The van der Waals surface area contributed by atoms with E-state index in [4.69, 9.17) is 16.3 Å². The Labute approximate surface area is 125 Å². The first-order valence-electron chi connectivity index (χ1n) is 5.95. The number of ether oxygens (including phenoxy) is 1. The minimum Gasteiger partial charge on any atom is -0.456 e. The number of hydrogen-bond donors (Lipinski definition) is 1. The first-order valence-corrected chi connectivity index (χ1v) is 6.33. The number of nitro groups is 1. The molecule has 108 valence electrons. The van der Waals surface area contributed by atoms with Crippen molar-refractivity contribution in [2.75, 3.05) is 7.05 Å². The summed E-state index contributed by atoms with van der Waals surface area (Å²) in [6, 6.07) is 10.4. The minimum absolute atomic E-state index is 0.119. The van der Waals surface area contributed by atoms with E-state index in [1.807, 2.05) is 0 Å². The molecule has 2 aromatic rings. The molecule has 0 radical (unpaired) electrons. The highest BCUT2D eigenvalue weighted by Crippen LogP contribution is 2.32. The summed E-state index contributed by atoms with van der Waals surface area (Å²) in [5.41, 5.74) is 0.319. The number of nitro benzene ring substituents is 1. The lowest BCUT2D eigenvalue weighted by Gasteiger charge is -2.08. The Morgan fingerprint density at radius 2 is 2.05 bits per heavy atom. The third-order valence-electron chi connectivity index (χ3n) is 2.68. The van der Waals surface area contributed by atoms with Gasteiger partial charge in [-0.1, -0.05) is 17.7 Å². The van der Waals surface area contributed by atoms with Crippen LogP contribution < -0.4 is 10.1 Å². The van der Waals surface area contributed by atoms with E-state index < -0.39 is 4.92 Å². The van der Waals surface area contributed by atoms with Gasteiger partial charge < -0.3 is 10.1 Å². The molecule has 0 atom stereocenters. The fourth-order valence-corrected chi connectivity index (χ4v) is 1.87. The van der Waals surface area contributed by atoms with E-state index in [9.17, 15) is 14.9 Å². The Hall–Kier alpha value is -2.60. The molecule has 0 bridgehead atoms. The van der Waals surface area contributed by atoms with Gasteiger partial charge in [-0.05, 0) is 24.3 Å². The minimum atomic E-state index is -0.540. The summed E-state index contributed by atoms with van der Waals surface area (Å²) in [6.45, 7) is 0. The second-order valence-corrected chi connectivity index (χ2v) is 4.49. The van der Waals surface area contributed by atoms with E-state index in [1.54, 1.807) is 24.3 Å². The van der Waals surface area contributed by atoms with Crippen molar-refractivity contribution in [1.29, 1.82) is 0 Å². The van der Waals surface area contributed by atoms with Crippen molar-refractivity contribution in [2.24, 2.45) is 0 Å². The van der Waals surface area contributed by atoms with Crippen molar-refractivity contribution in [3.8, 4) is 11.5 Å². The Morgan fingerprint density at radius 3 is 2.67 bits per heavy atom. The van der Waals surface area contributed by atoms with E-state index >= 15 is 0 Å². The van der Waals surface area contributed by atoms with Gasteiger partial charge in [-0.15, -0.1) is 0 Å². The van der Waals surface area contributed by atoms with Gasteiger partial charge >= 0.3 is 0 Å². The first-order chi connectivity index (χ1) is 10.0. The van der Waals surface area contributed by atoms with Crippen LogP contribution in [-0.2, 0) is 0 Å². The third kappa shape index (κ3) is 3.49. The number of hydrogen-bond acceptors (Lipinski definition) is 4. The average Bonchev–Trinajstić information content (AvgIpc) is 2.48. The smallest absolute Gasteiger partial charge is 0.271 e. The van der Waals surface area contributed by atoms with Crippen LogP contribution in [-0.4, -0.2) is 17.9 Å². The van der Waals surface area contributed by atoms with E-state index in [1.165, 1.54) is 25.2 Å². The number of carbonyl (C=O) groups excluding carboxylic acids is 1. The van der Waals surface area contributed by atoms with E-state index in [2.05, 4.69) is 5.32 Å². The highest BCUT2D eigenvalue weighted by atomic mass is 35.5. The molecule has 7 heteroatoms. The average molecular weight is 307 g/mol. The summed E-state index contributed by atoms with van der Waals surface area (Å²) >= 11 is 5.94. The van der Waals surface area contributed by atoms with Crippen molar-refractivity contribution in [3.05, 3.63) is 63.2 Å². The molecular weight excluding hydrogens is 296 g/mol. The molecule has 0 aliphatic heterocycles. The third-order valence-corrected chi connectivity index (χ3v) is 2.97. The number of rotatable bonds is 4. The van der Waals surface area contributed by atoms with Crippen molar-refractivity contribution in [3.63, 3.8) is 0 Å². The number of non-ortho nitro benzene ring substituents is 1. The monoisotopic (exact) mass is 306 g/mol. The molecule has 0 saturated heterocycles. The molecule has 0 heterocycles. The predicted octanol–water partition coefficient (Wildman–Crippen LogP) is 3.40. The molecule has 1 amide bonds. The zero-order valence-corrected chi connectivity index (χ0v) is 11.8. The predicted molar refractivity (Wildman–Crippen MR) is 78.0 cm³/mol. The molecule has 1 N–H and O–H groups in total. The number of carbonyl (C=O) groups is 1. The van der Waals surface area contributed by atoms with Crippen LogP contribution >= 0.6 is 11.6 Å². The van der Waals surface area contributed by atoms with Crippen LogP contribution in [0.4, 0.5) is 5.69 Å². The van der Waals surface area contributed by atoms with E-state index in [0.717, 1.165) is 0 Å². The second kappa shape index (κ2) is 6.23. The van der Waals surface area contributed by atoms with Crippen LogP contribution in [0.2, 0.25) is 5.02 Å². The summed E-state index contributed by atoms with van der Waals surface area (Å²) in [6.07, 6.45) is 0. The van der Waals surface area contributed by atoms with Crippen LogP contribution in [0.1, 0.15) is 10.4 Å². The standard InChI is InChI=1S/C14H11ClN2O4/c1-16-14(18)9-3-2-4-11(7-9)21-13-6-5-10(17(19)20)8-12(13)15/h2-8H,1H3,(H,16,18). The topological polar surface area (TPSA) is 81.5 Å². The van der Waals surface area contributed by atoms with Crippen molar-refractivity contribution >= 4 is 23.2 Å². The van der Waals surface area contributed by atoms with E-state index in [-0.39, 0.29) is 22.4 Å². The number of nitrogens with one attached hydrogen (secondary N) is 1. The van der Waals surface area contributed by atoms with Crippen LogP contribution in [0.5, 0.6) is 11.5 Å². The lowest BCUT2D eigenvalue weighted by Crippen LogP contribution is -2.17. The van der Waals surface area contributed by atoms with Gasteiger partial charge in [-0.3, -0.25) is 14.9 Å². The molecular formula is C14H11ClN2O4. The Morgan fingerprint density at radius 1 is 1.29 bits per heavy atom. The largest absolute Gasteiger partial charge is 0.456 e. The molecule has 0 aliphatic carbocycles. The molecule has 0 unspecified atom stereocenters. The van der Waals surface area contributed by atoms with Gasteiger partial charge in [0.25, 0.3) is 11.6 Å². The molecule has 6 nitrogen and oxygen atoms in total. The van der Waals surface area contributed by atoms with Crippen molar-refractivity contribution in [1.82, 2.24) is 5.32 Å². The van der Waals surface area contributed by atoms with Crippen molar-refractivity contribution < 1.29 is 14.5 Å². The lowest BCUT2D eigenvalue weighted by atomic mass is 10.2. The number of amides is 1. The molecule has 0 fully saturated rings. The molecule has 21 heavy (non-hydrogen) atoms. The maximum absolute atomic E-state index is 11.5. The first kappa shape index (κ1) is 14.8. The summed E-state index contributed by atoms with van der Waals surface area (Å²) in [5, 5.41) is 13.3. The van der Waals surface area contributed by atoms with Gasteiger partial charge in [0.1, 0.15) is 11.5 Å². The molecule has 0 spiro atoms. The van der Waals surface area contributed by atoms with Gasteiger partial charge in [-0.25, -0.2) is 0 Å². The number of halogens is 1. The quantitative estimate of drug-likeness (QED) is 0.693. The van der Waals surface area contributed by atoms with Gasteiger partial charge in [0.05, 0.1) is 9.95 Å². The number of benzene rings is 2. The lowest BCUT2D eigenvalue weighted by molar-refractivity contribution is -0.384. The zero-order valence-electron chi connectivity index (χ0n) is 11.0. The van der Waals surface area contributed by atoms with Crippen LogP contribution in [0.25, 0.3) is 0 Å². The van der Waals surface area contributed by atoms with E-state index in [0.29, 0.717) is 11.3 Å². The second-order valence-electron chi connectivity index (χ2n) is 4.08. The van der Waals surface area contributed by atoms with Gasteiger partial charge in [-0.2, -0.15) is 0 Å². The number of nitrogens with zero attached hydrogens (tertiary/aromatic N) is 1. The van der Waals surface area contributed by atoms with Crippen LogP contribution in [0, 0.1) is 10.1 Å². The van der Waals surface area contributed by atoms with Crippen LogP contribution in [0.15, 0.2) is 42.5 Å². The normalized spacial score (nSPS) is 10.0. The zero-order chi connectivity index (χ0) is 15.4. The van der Waals surface area contributed by atoms with Crippen molar-refractivity contribution in [2.45, 2.75) is 0 Å². The maximum atomic E-state index is 11.5. The molecule has 0 saturated carbocycles. The fraction of sp³-hybridized carbons (Fsp3) is 0.0714. The maximum Gasteiger partial charge on any atom is 0.271 e. The molecule has 2 rings (SSSR count). The summed E-state index contributed by atoms with van der Waals surface area (Å²) in [5.74, 6) is 0.443. The summed E-state index contributed by atoms with van der Waals surface area (Å²) in [4.78, 5) is 21.6. The van der Waals surface area contributed by atoms with Gasteiger partial charge in [0, 0.05) is 24.7 Å². The Balaban J connectivity index is 2.26. The highest BCUT2D eigenvalue weighted by molar-refractivity contribution is 6.32. The Bertz CT molecular complexity index is 703. The van der Waals surface area contributed by atoms with Gasteiger partial charge in [0.2, 0.25) is 0 Å². The summed E-state index contributed by atoms with van der Waals surface area (Å²) < 4.78 is 5.54. The summed E-state index contributed by atoms with van der Waals surface area (Å²) in [7, 11) is 1.53.